The van der Waals surface area contributed by atoms with E-state index in [-0.39, 0.29) is 5.91 Å². The van der Waals surface area contributed by atoms with Crippen LogP contribution in [0.15, 0.2) is 48.5 Å². The molecule has 1 aliphatic rings. The van der Waals surface area contributed by atoms with Crippen molar-refractivity contribution in [2.75, 3.05) is 13.2 Å². The lowest BCUT2D eigenvalue weighted by molar-refractivity contribution is 0.0723. The summed E-state index contributed by atoms with van der Waals surface area (Å²) < 4.78 is 9.33. The molecule has 1 N–H and O–H groups in total. The van der Waals surface area contributed by atoms with Crippen LogP contribution in [0.5, 0.6) is 5.75 Å². The van der Waals surface area contributed by atoms with Crippen molar-refractivity contribution < 1.29 is 9.53 Å². The molecule has 5 aromatic rings. The number of imidazole rings is 1. The van der Waals surface area contributed by atoms with Gasteiger partial charge < -0.3 is 19.2 Å². The fourth-order valence-electron chi connectivity index (χ4n) is 4.91. The number of aryl methyl sites for hydroxylation is 3. The predicted octanol–water partition coefficient (Wildman–Crippen LogP) is 5.92. The van der Waals surface area contributed by atoms with E-state index in [0.29, 0.717) is 19.7 Å². The molecule has 0 bridgehead atoms. The standard InChI is InChI=1S/C27H26N4O2S/c1-4-31-23-11-16(2)34-26(23)14-24(31)27(32)30-9-10-33-25-8-6-18(12-20(25)15-30)19-5-7-21-22(13-19)29-17(3)28-21/h5-8,11-14H,4,9-10,15H2,1-3H3,(H,28,29). The van der Waals surface area contributed by atoms with E-state index in [1.165, 1.54) is 9.58 Å². The van der Waals surface area contributed by atoms with Gasteiger partial charge in [-0.2, -0.15) is 0 Å². The Balaban J connectivity index is 1.34. The van der Waals surface area contributed by atoms with E-state index < -0.39 is 0 Å². The zero-order chi connectivity index (χ0) is 23.4. The van der Waals surface area contributed by atoms with Crippen molar-refractivity contribution in [2.24, 2.45) is 0 Å². The number of carbonyl (C=O) groups excluding carboxylic acids is 1. The monoisotopic (exact) mass is 470 g/mol. The minimum atomic E-state index is 0.0547. The third kappa shape index (κ3) is 3.47. The summed E-state index contributed by atoms with van der Waals surface area (Å²) in [5.41, 5.74) is 7.11. The molecule has 1 aliphatic heterocycles. The summed E-state index contributed by atoms with van der Waals surface area (Å²) in [6.07, 6.45) is 0. The molecular weight excluding hydrogens is 444 g/mol. The molecule has 0 unspecified atom stereocenters. The number of aromatic amines is 1. The predicted molar refractivity (Wildman–Crippen MR) is 137 cm³/mol. The first kappa shape index (κ1) is 21.0. The molecule has 6 rings (SSSR count). The lowest BCUT2D eigenvalue weighted by Gasteiger charge is -2.21. The highest BCUT2D eigenvalue weighted by Gasteiger charge is 2.25. The zero-order valence-corrected chi connectivity index (χ0v) is 20.3. The molecule has 0 saturated heterocycles. The Morgan fingerprint density at radius 2 is 1.94 bits per heavy atom. The molecule has 2 aromatic carbocycles. The van der Waals surface area contributed by atoms with E-state index in [1.807, 2.05) is 30.0 Å². The number of aromatic nitrogens is 3. The quantitative estimate of drug-likeness (QED) is 0.356. The number of amides is 1. The molecule has 0 fully saturated rings. The Bertz CT molecular complexity index is 1560. The van der Waals surface area contributed by atoms with Crippen LogP contribution >= 0.6 is 11.3 Å². The molecule has 0 aliphatic carbocycles. The van der Waals surface area contributed by atoms with Crippen LogP contribution < -0.4 is 4.74 Å². The van der Waals surface area contributed by atoms with Gasteiger partial charge in [-0.05, 0) is 68.3 Å². The van der Waals surface area contributed by atoms with Gasteiger partial charge in [0.05, 0.1) is 27.8 Å². The Labute approximate surface area is 201 Å². The summed E-state index contributed by atoms with van der Waals surface area (Å²) in [5, 5.41) is 0. The maximum Gasteiger partial charge on any atom is 0.270 e. The second-order valence-electron chi connectivity index (χ2n) is 8.83. The van der Waals surface area contributed by atoms with E-state index in [0.717, 1.165) is 57.1 Å². The third-order valence-electron chi connectivity index (χ3n) is 6.51. The van der Waals surface area contributed by atoms with Crippen molar-refractivity contribution in [2.45, 2.75) is 33.9 Å². The highest BCUT2D eigenvalue weighted by Crippen LogP contribution is 2.33. The Hall–Kier alpha value is -3.58. The molecule has 4 heterocycles. The fraction of sp³-hybridized carbons (Fsp3) is 0.259. The van der Waals surface area contributed by atoms with E-state index in [4.69, 9.17) is 4.74 Å². The van der Waals surface area contributed by atoms with Crippen LogP contribution in [-0.4, -0.2) is 38.5 Å². The minimum absolute atomic E-state index is 0.0547. The molecule has 0 saturated carbocycles. The van der Waals surface area contributed by atoms with Crippen LogP contribution in [0.1, 0.15) is 33.7 Å². The van der Waals surface area contributed by atoms with Gasteiger partial charge in [0.15, 0.2) is 0 Å². The van der Waals surface area contributed by atoms with Crippen LogP contribution in [0, 0.1) is 13.8 Å². The van der Waals surface area contributed by atoms with Gasteiger partial charge in [0.2, 0.25) is 0 Å². The van der Waals surface area contributed by atoms with Gasteiger partial charge in [0, 0.05) is 23.5 Å². The molecular formula is C27H26N4O2S. The fourth-order valence-corrected chi connectivity index (χ4v) is 5.87. The topological polar surface area (TPSA) is 63.1 Å². The van der Waals surface area contributed by atoms with Gasteiger partial charge in [-0.3, -0.25) is 4.79 Å². The number of carbonyl (C=O) groups is 1. The number of rotatable bonds is 3. The van der Waals surface area contributed by atoms with Gasteiger partial charge in [-0.25, -0.2) is 4.98 Å². The normalized spacial score (nSPS) is 13.8. The molecule has 3 aromatic heterocycles. The highest BCUT2D eigenvalue weighted by atomic mass is 32.1. The summed E-state index contributed by atoms with van der Waals surface area (Å²) in [4.78, 5) is 24.6. The van der Waals surface area contributed by atoms with Crippen LogP contribution in [-0.2, 0) is 13.1 Å². The zero-order valence-electron chi connectivity index (χ0n) is 19.5. The molecule has 0 atom stereocenters. The molecule has 6 nitrogen and oxygen atoms in total. The largest absolute Gasteiger partial charge is 0.491 e. The minimum Gasteiger partial charge on any atom is -0.491 e. The summed E-state index contributed by atoms with van der Waals surface area (Å²) in [5.74, 6) is 1.81. The van der Waals surface area contributed by atoms with Crippen molar-refractivity contribution in [3.8, 4) is 16.9 Å². The van der Waals surface area contributed by atoms with E-state index in [9.17, 15) is 4.79 Å². The second-order valence-corrected chi connectivity index (χ2v) is 10.1. The number of nitrogens with one attached hydrogen (secondary N) is 1. The molecule has 172 valence electrons. The first-order valence-electron chi connectivity index (χ1n) is 11.6. The number of nitrogens with zero attached hydrogens (tertiary/aromatic N) is 3. The maximum absolute atomic E-state index is 13.6. The summed E-state index contributed by atoms with van der Waals surface area (Å²) >= 11 is 1.74. The van der Waals surface area contributed by atoms with Crippen molar-refractivity contribution in [3.63, 3.8) is 0 Å². The molecule has 0 spiro atoms. The third-order valence-corrected chi connectivity index (χ3v) is 7.50. The number of hydrogen-bond acceptors (Lipinski definition) is 4. The molecule has 1 amide bonds. The lowest BCUT2D eigenvalue weighted by Crippen LogP contribution is -2.33. The number of fused-ring (bicyclic) bond motifs is 3. The van der Waals surface area contributed by atoms with Gasteiger partial charge in [-0.1, -0.05) is 12.1 Å². The van der Waals surface area contributed by atoms with Crippen molar-refractivity contribution >= 4 is 38.5 Å². The Morgan fingerprint density at radius 1 is 1.12 bits per heavy atom. The Morgan fingerprint density at radius 3 is 2.79 bits per heavy atom. The molecule has 7 heteroatoms. The van der Waals surface area contributed by atoms with Gasteiger partial charge >= 0.3 is 0 Å². The number of ether oxygens (including phenoxy) is 1. The van der Waals surface area contributed by atoms with Crippen LogP contribution in [0.2, 0.25) is 0 Å². The average Bonchev–Trinajstić information content (AvgIpc) is 3.42. The SMILES string of the molecule is CCn1c(C(=O)N2CCOc3ccc(-c4ccc5nc(C)[nH]c5c4)cc3C2)cc2sc(C)cc21. The van der Waals surface area contributed by atoms with Crippen LogP contribution in [0.25, 0.3) is 32.4 Å². The highest BCUT2D eigenvalue weighted by molar-refractivity contribution is 7.19. The van der Waals surface area contributed by atoms with Crippen molar-refractivity contribution in [1.29, 1.82) is 0 Å². The van der Waals surface area contributed by atoms with E-state index in [1.54, 1.807) is 11.3 Å². The number of thiophene rings is 1. The van der Waals surface area contributed by atoms with E-state index in [2.05, 4.69) is 58.7 Å². The summed E-state index contributed by atoms with van der Waals surface area (Å²) in [7, 11) is 0. The number of benzene rings is 2. The Kier molecular flexibility index (Phi) is 4.95. The van der Waals surface area contributed by atoms with Crippen LogP contribution in [0.3, 0.4) is 0 Å². The average molecular weight is 471 g/mol. The molecule has 0 radical (unpaired) electrons. The lowest BCUT2D eigenvalue weighted by atomic mass is 10.0. The number of hydrogen-bond donors (Lipinski definition) is 1. The van der Waals surface area contributed by atoms with Gasteiger partial charge in [-0.15, -0.1) is 11.3 Å². The van der Waals surface area contributed by atoms with Gasteiger partial charge in [0.25, 0.3) is 5.91 Å². The van der Waals surface area contributed by atoms with E-state index >= 15 is 0 Å². The number of H-pyrrole nitrogens is 1. The maximum atomic E-state index is 13.6. The van der Waals surface area contributed by atoms with Crippen molar-refractivity contribution in [1.82, 2.24) is 19.4 Å². The molecule has 34 heavy (non-hydrogen) atoms. The smallest absolute Gasteiger partial charge is 0.270 e. The summed E-state index contributed by atoms with van der Waals surface area (Å²) in [6, 6.07) is 16.7. The first-order chi connectivity index (χ1) is 16.5. The second kappa shape index (κ2) is 8.02. The van der Waals surface area contributed by atoms with Crippen LogP contribution in [0.4, 0.5) is 0 Å². The van der Waals surface area contributed by atoms with Crippen molar-refractivity contribution in [3.05, 3.63) is 70.5 Å². The first-order valence-corrected chi connectivity index (χ1v) is 12.4. The van der Waals surface area contributed by atoms with Gasteiger partial charge in [0.1, 0.15) is 23.9 Å². The summed E-state index contributed by atoms with van der Waals surface area (Å²) in [6.45, 7) is 8.50.